The first kappa shape index (κ1) is 11.3. The smallest absolute Gasteiger partial charge is 0.124 e. The van der Waals surface area contributed by atoms with Gasteiger partial charge >= 0.3 is 0 Å². The highest BCUT2D eigenvalue weighted by Crippen LogP contribution is 2.30. The Balaban J connectivity index is 2.21. The zero-order chi connectivity index (χ0) is 11.5. The van der Waals surface area contributed by atoms with E-state index in [9.17, 15) is 4.39 Å². The maximum Gasteiger partial charge on any atom is 0.124 e. The molecule has 16 heavy (non-hydrogen) atoms. The largest absolute Gasteiger partial charge is 0.515 e. The second kappa shape index (κ2) is 4.74. The van der Waals surface area contributed by atoms with E-state index in [2.05, 4.69) is 0 Å². The van der Waals surface area contributed by atoms with Crippen molar-refractivity contribution < 1.29 is 14.2 Å². The first-order chi connectivity index (χ1) is 7.74. The van der Waals surface area contributed by atoms with Crippen LogP contribution in [0.5, 0.6) is 5.75 Å². The molecule has 0 aromatic heterocycles. The van der Waals surface area contributed by atoms with Crippen LogP contribution in [0.4, 0.5) is 4.39 Å². The molecule has 1 N–H and O–H groups in total. The van der Waals surface area contributed by atoms with Gasteiger partial charge in [-0.05, 0) is 36.6 Å². The molecule has 0 spiro atoms. The van der Waals surface area contributed by atoms with Gasteiger partial charge in [-0.2, -0.15) is 0 Å². The zero-order valence-electron chi connectivity index (χ0n) is 8.62. The molecule has 86 valence electrons. The second-order valence-corrected chi connectivity index (χ2v) is 4.00. The van der Waals surface area contributed by atoms with Gasteiger partial charge in [-0.15, -0.1) is 11.6 Å². The fourth-order valence-corrected chi connectivity index (χ4v) is 2.06. The molecule has 0 radical (unpaired) electrons. The number of benzene rings is 1. The van der Waals surface area contributed by atoms with E-state index in [4.69, 9.17) is 21.4 Å². The van der Waals surface area contributed by atoms with Gasteiger partial charge in [0.1, 0.15) is 17.7 Å². The molecule has 0 bridgehead atoms. The van der Waals surface area contributed by atoms with Gasteiger partial charge in [0.25, 0.3) is 0 Å². The Morgan fingerprint density at radius 2 is 2.44 bits per heavy atom. The van der Waals surface area contributed by atoms with Gasteiger partial charge < -0.3 is 9.84 Å². The van der Waals surface area contributed by atoms with Crippen LogP contribution in [0.15, 0.2) is 30.0 Å². The number of halogens is 2. The third kappa shape index (κ3) is 2.14. The van der Waals surface area contributed by atoms with Crippen molar-refractivity contribution in [2.75, 3.05) is 5.88 Å². The summed E-state index contributed by atoms with van der Waals surface area (Å²) in [6.45, 7) is 0. The number of fused-ring (bicyclic) bond motifs is 1. The molecule has 1 aliphatic heterocycles. The van der Waals surface area contributed by atoms with Crippen molar-refractivity contribution in [3.63, 3.8) is 0 Å². The van der Waals surface area contributed by atoms with Crippen LogP contribution in [0.2, 0.25) is 0 Å². The van der Waals surface area contributed by atoms with E-state index in [-0.39, 0.29) is 17.8 Å². The highest BCUT2D eigenvalue weighted by molar-refractivity contribution is 6.19. The number of ether oxygens (including phenoxy) is 1. The van der Waals surface area contributed by atoms with Crippen LogP contribution >= 0.6 is 11.6 Å². The molecule has 2 nitrogen and oxygen atoms in total. The highest BCUT2D eigenvalue weighted by atomic mass is 35.5. The summed E-state index contributed by atoms with van der Waals surface area (Å²) in [7, 11) is 0. The van der Waals surface area contributed by atoms with Gasteiger partial charge in [0.05, 0.1) is 12.1 Å². The fraction of sp³-hybridized carbons (Fsp3) is 0.333. The zero-order valence-corrected chi connectivity index (χ0v) is 9.38. The van der Waals surface area contributed by atoms with Crippen LogP contribution in [0, 0.1) is 5.82 Å². The van der Waals surface area contributed by atoms with Crippen LogP contribution in [-0.4, -0.2) is 17.1 Å². The van der Waals surface area contributed by atoms with E-state index in [1.54, 1.807) is 6.07 Å². The topological polar surface area (TPSA) is 29.5 Å². The van der Waals surface area contributed by atoms with E-state index in [1.165, 1.54) is 12.1 Å². The summed E-state index contributed by atoms with van der Waals surface area (Å²) in [5.74, 6) is 0.649. The lowest BCUT2D eigenvalue weighted by molar-refractivity contribution is 0.203. The molecule has 0 amide bonds. The molecule has 4 heteroatoms. The summed E-state index contributed by atoms with van der Waals surface area (Å²) in [4.78, 5) is 0. The van der Waals surface area contributed by atoms with Crippen molar-refractivity contribution in [3.05, 3.63) is 41.4 Å². The van der Waals surface area contributed by atoms with Gasteiger partial charge in [-0.1, -0.05) is 0 Å². The van der Waals surface area contributed by atoms with Crippen molar-refractivity contribution in [3.8, 4) is 5.75 Å². The number of hydrogen-bond acceptors (Lipinski definition) is 2. The molecular weight excluding hydrogens is 231 g/mol. The van der Waals surface area contributed by atoms with Crippen molar-refractivity contribution >= 4 is 11.6 Å². The molecular formula is C12H12ClFO2. The molecule has 1 aromatic rings. The number of aliphatic hydroxyl groups is 1. The molecule has 1 aliphatic rings. The third-order valence-corrected chi connectivity index (χ3v) is 3.01. The van der Waals surface area contributed by atoms with Gasteiger partial charge in [-0.3, -0.25) is 0 Å². The van der Waals surface area contributed by atoms with Gasteiger partial charge in [0.15, 0.2) is 0 Å². The predicted molar refractivity (Wildman–Crippen MR) is 60.6 cm³/mol. The van der Waals surface area contributed by atoms with E-state index in [1.807, 2.05) is 0 Å². The number of aliphatic hydroxyl groups excluding tert-OH is 1. The SMILES string of the molecule is O/C=C(\CCl)C1CCc2cc(F)ccc2O1. The Hall–Kier alpha value is -1.22. The van der Waals surface area contributed by atoms with Crippen molar-refractivity contribution in [2.45, 2.75) is 18.9 Å². The first-order valence-electron chi connectivity index (χ1n) is 5.09. The van der Waals surface area contributed by atoms with E-state index in [0.29, 0.717) is 17.7 Å². The molecule has 0 saturated carbocycles. The van der Waals surface area contributed by atoms with Gasteiger partial charge in [0.2, 0.25) is 0 Å². The normalized spacial score (nSPS) is 20.1. The van der Waals surface area contributed by atoms with Crippen LogP contribution in [0.3, 0.4) is 0 Å². The lowest BCUT2D eigenvalue weighted by Gasteiger charge is -2.26. The summed E-state index contributed by atoms with van der Waals surface area (Å²) in [5.41, 5.74) is 1.51. The quantitative estimate of drug-likeness (QED) is 0.638. The van der Waals surface area contributed by atoms with E-state index >= 15 is 0 Å². The molecule has 1 unspecified atom stereocenters. The number of alkyl halides is 1. The summed E-state index contributed by atoms with van der Waals surface area (Å²) < 4.78 is 18.6. The molecule has 1 aromatic carbocycles. The van der Waals surface area contributed by atoms with Crippen molar-refractivity contribution in [2.24, 2.45) is 0 Å². The number of hydrogen-bond donors (Lipinski definition) is 1. The lowest BCUT2D eigenvalue weighted by atomic mass is 9.98. The summed E-state index contributed by atoms with van der Waals surface area (Å²) in [6.07, 6.45) is 2.22. The average Bonchev–Trinajstić information content (AvgIpc) is 2.31. The highest BCUT2D eigenvalue weighted by Gasteiger charge is 2.23. The molecule has 1 heterocycles. The standard InChI is InChI=1S/C12H12ClFO2/c13-6-9(7-15)12-3-1-8-5-10(14)2-4-11(8)16-12/h2,4-5,7,12,15H,1,3,6H2/b9-7+. The summed E-state index contributed by atoms with van der Waals surface area (Å²) in [5, 5.41) is 8.98. The maximum atomic E-state index is 13.0. The third-order valence-electron chi connectivity index (χ3n) is 2.70. The monoisotopic (exact) mass is 242 g/mol. The van der Waals surface area contributed by atoms with Crippen LogP contribution in [0.1, 0.15) is 12.0 Å². The van der Waals surface area contributed by atoms with E-state index < -0.39 is 0 Å². The minimum atomic E-state index is -0.254. The Labute approximate surface area is 98.3 Å². The summed E-state index contributed by atoms with van der Waals surface area (Å²) >= 11 is 5.69. The van der Waals surface area contributed by atoms with Crippen LogP contribution in [0.25, 0.3) is 0 Å². The second-order valence-electron chi connectivity index (χ2n) is 3.73. The number of rotatable bonds is 2. The molecule has 0 saturated heterocycles. The Bertz CT molecular complexity index is 417. The minimum Gasteiger partial charge on any atom is -0.515 e. The Morgan fingerprint density at radius 1 is 1.62 bits per heavy atom. The first-order valence-corrected chi connectivity index (χ1v) is 5.62. The molecule has 0 fully saturated rings. The van der Waals surface area contributed by atoms with Crippen molar-refractivity contribution in [1.29, 1.82) is 0 Å². The summed E-state index contributed by atoms with van der Waals surface area (Å²) in [6, 6.07) is 4.46. The minimum absolute atomic E-state index is 0.208. The van der Waals surface area contributed by atoms with Crippen LogP contribution < -0.4 is 4.74 Å². The predicted octanol–water partition coefficient (Wildman–Crippen LogP) is 3.20. The molecule has 1 atom stereocenters. The average molecular weight is 243 g/mol. The lowest BCUT2D eigenvalue weighted by Crippen LogP contribution is -2.25. The Morgan fingerprint density at radius 3 is 3.12 bits per heavy atom. The van der Waals surface area contributed by atoms with Crippen molar-refractivity contribution in [1.82, 2.24) is 0 Å². The number of aryl methyl sites for hydroxylation is 1. The molecule has 0 aliphatic carbocycles. The molecule has 2 rings (SSSR count). The van der Waals surface area contributed by atoms with E-state index in [0.717, 1.165) is 18.2 Å². The maximum absolute atomic E-state index is 13.0. The van der Waals surface area contributed by atoms with Gasteiger partial charge in [-0.25, -0.2) is 4.39 Å². The fourth-order valence-electron chi connectivity index (χ4n) is 1.82. The van der Waals surface area contributed by atoms with Crippen LogP contribution in [-0.2, 0) is 6.42 Å². The van der Waals surface area contributed by atoms with Gasteiger partial charge in [0, 0.05) is 5.57 Å². The Kier molecular flexibility index (Phi) is 3.34.